The second-order valence-electron chi connectivity index (χ2n) is 8.32. The van der Waals surface area contributed by atoms with Gasteiger partial charge in [0.05, 0.1) is 18.3 Å². The summed E-state index contributed by atoms with van der Waals surface area (Å²) in [5.74, 6) is 2.36. The molecule has 0 bridgehead atoms. The summed E-state index contributed by atoms with van der Waals surface area (Å²) in [5.41, 5.74) is 4.25. The Morgan fingerprint density at radius 1 is 1.10 bits per heavy atom. The fraction of sp³-hybridized carbons (Fsp3) is 0.435. The lowest BCUT2D eigenvalue weighted by molar-refractivity contribution is 0.255. The highest BCUT2D eigenvalue weighted by molar-refractivity contribution is 5.54. The van der Waals surface area contributed by atoms with Gasteiger partial charge in [0.25, 0.3) is 0 Å². The minimum absolute atomic E-state index is 0.306. The van der Waals surface area contributed by atoms with Crippen LogP contribution in [0, 0.1) is 19.8 Å². The number of rotatable bonds is 5. The summed E-state index contributed by atoms with van der Waals surface area (Å²) in [5, 5.41) is 16.8. The molecule has 152 valence electrons. The van der Waals surface area contributed by atoms with Crippen molar-refractivity contribution in [2.45, 2.75) is 52.0 Å². The predicted octanol–water partition coefficient (Wildman–Crippen LogP) is 4.81. The number of aryl methyl sites for hydroxylation is 2. The summed E-state index contributed by atoms with van der Waals surface area (Å²) in [6, 6.07) is 14.4. The van der Waals surface area contributed by atoms with Crippen molar-refractivity contribution in [3.8, 4) is 11.4 Å². The summed E-state index contributed by atoms with van der Waals surface area (Å²) in [4.78, 5) is 0. The van der Waals surface area contributed by atoms with Gasteiger partial charge in [-0.2, -0.15) is 4.68 Å². The SMILES string of the molecule is COc1cccc(-n2nnnc2C2(Nc3ccc(C)cc3C)CCC(C)CC2)c1. The first kappa shape index (κ1) is 19.4. The second kappa shape index (κ2) is 7.85. The highest BCUT2D eigenvalue weighted by Crippen LogP contribution is 2.42. The molecule has 0 unspecified atom stereocenters. The Hall–Kier alpha value is -2.89. The number of ether oxygens (including phenoxy) is 1. The molecule has 1 heterocycles. The van der Waals surface area contributed by atoms with E-state index >= 15 is 0 Å². The average Bonchev–Trinajstić information content (AvgIpc) is 3.23. The third-order valence-electron chi connectivity index (χ3n) is 6.08. The van der Waals surface area contributed by atoms with Crippen LogP contribution in [0.25, 0.3) is 5.69 Å². The first-order valence-corrected chi connectivity index (χ1v) is 10.3. The van der Waals surface area contributed by atoms with Gasteiger partial charge >= 0.3 is 0 Å². The van der Waals surface area contributed by atoms with E-state index in [1.54, 1.807) is 7.11 Å². The maximum atomic E-state index is 5.40. The van der Waals surface area contributed by atoms with Crippen LogP contribution in [0.3, 0.4) is 0 Å². The number of methoxy groups -OCH3 is 1. The molecule has 1 aliphatic carbocycles. The molecular formula is C23H29N5O. The lowest BCUT2D eigenvalue weighted by atomic mass is 9.76. The minimum atomic E-state index is -0.306. The first-order valence-electron chi connectivity index (χ1n) is 10.3. The van der Waals surface area contributed by atoms with Gasteiger partial charge in [0, 0.05) is 11.8 Å². The van der Waals surface area contributed by atoms with Gasteiger partial charge in [-0.05, 0) is 79.6 Å². The van der Waals surface area contributed by atoms with E-state index in [9.17, 15) is 0 Å². The maximum Gasteiger partial charge on any atom is 0.181 e. The Labute approximate surface area is 172 Å². The number of benzene rings is 2. The number of aromatic nitrogens is 4. The molecule has 1 fully saturated rings. The fourth-order valence-corrected chi connectivity index (χ4v) is 4.27. The highest BCUT2D eigenvalue weighted by atomic mass is 16.5. The van der Waals surface area contributed by atoms with Crippen molar-refractivity contribution in [1.82, 2.24) is 20.2 Å². The summed E-state index contributed by atoms with van der Waals surface area (Å²) >= 11 is 0. The molecule has 0 atom stereocenters. The van der Waals surface area contributed by atoms with Crippen molar-refractivity contribution >= 4 is 5.69 Å². The molecule has 29 heavy (non-hydrogen) atoms. The van der Waals surface area contributed by atoms with Gasteiger partial charge in [0.1, 0.15) is 5.75 Å². The van der Waals surface area contributed by atoms with E-state index < -0.39 is 0 Å². The van der Waals surface area contributed by atoms with Gasteiger partial charge in [-0.15, -0.1) is 5.10 Å². The second-order valence-corrected chi connectivity index (χ2v) is 8.32. The molecule has 1 aromatic heterocycles. The summed E-state index contributed by atoms with van der Waals surface area (Å²) in [6.45, 7) is 6.60. The lowest BCUT2D eigenvalue weighted by Gasteiger charge is -2.40. The molecule has 0 spiro atoms. The van der Waals surface area contributed by atoms with Crippen LogP contribution < -0.4 is 10.1 Å². The number of nitrogens with zero attached hydrogens (tertiary/aromatic N) is 4. The van der Waals surface area contributed by atoms with Crippen LogP contribution in [-0.4, -0.2) is 27.3 Å². The van der Waals surface area contributed by atoms with E-state index in [2.05, 4.69) is 59.8 Å². The van der Waals surface area contributed by atoms with E-state index in [1.807, 2.05) is 28.9 Å². The molecule has 3 aromatic rings. The van der Waals surface area contributed by atoms with Crippen LogP contribution >= 0.6 is 0 Å². The normalized spacial score (nSPS) is 21.7. The number of hydrogen-bond donors (Lipinski definition) is 1. The number of tetrazole rings is 1. The van der Waals surface area contributed by atoms with Crippen molar-refractivity contribution in [1.29, 1.82) is 0 Å². The molecule has 0 saturated heterocycles. The molecule has 1 saturated carbocycles. The third-order valence-corrected chi connectivity index (χ3v) is 6.08. The number of hydrogen-bond acceptors (Lipinski definition) is 5. The van der Waals surface area contributed by atoms with Crippen LogP contribution in [-0.2, 0) is 5.54 Å². The molecule has 6 nitrogen and oxygen atoms in total. The van der Waals surface area contributed by atoms with Crippen LogP contribution in [0.4, 0.5) is 5.69 Å². The van der Waals surface area contributed by atoms with Gasteiger partial charge < -0.3 is 10.1 Å². The van der Waals surface area contributed by atoms with E-state index in [1.165, 1.54) is 11.1 Å². The topological polar surface area (TPSA) is 64.9 Å². The number of nitrogens with one attached hydrogen (secondary N) is 1. The fourth-order valence-electron chi connectivity index (χ4n) is 4.27. The largest absolute Gasteiger partial charge is 0.497 e. The molecule has 4 rings (SSSR count). The quantitative estimate of drug-likeness (QED) is 0.676. The number of anilines is 1. The zero-order valence-corrected chi connectivity index (χ0v) is 17.6. The molecule has 0 amide bonds. The van der Waals surface area contributed by atoms with E-state index in [0.29, 0.717) is 5.92 Å². The van der Waals surface area contributed by atoms with Crippen LogP contribution in [0.5, 0.6) is 5.75 Å². The summed E-state index contributed by atoms with van der Waals surface area (Å²) < 4.78 is 7.26. The van der Waals surface area contributed by atoms with Crippen molar-refractivity contribution in [3.05, 3.63) is 59.4 Å². The zero-order valence-electron chi connectivity index (χ0n) is 17.6. The Kier molecular flexibility index (Phi) is 5.26. The predicted molar refractivity (Wildman–Crippen MR) is 115 cm³/mol. The van der Waals surface area contributed by atoms with Crippen molar-refractivity contribution in [2.24, 2.45) is 5.92 Å². The van der Waals surface area contributed by atoms with E-state index in [-0.39, 0.29) is 5.54 Å². The molecule has 0 aliphatic heterocycles. The Morgan fingerprint density at radius 3 is 2.62 bits per heavy atom. The van der Waals surface area contributed by atoms with E-state index in [0.717, 1.165) is 48.6 Å². The molecular weight excluding hydrogens is 362 g/mol. The van der Waals surface area contributed by atoms with Gasteiger partial charge in [-0.25, -0.2) is 0 Å². The van der Waals surface area contributed by atoms with Gasteiger partial charge in [0.15, 0.2) is 5.82 Å². The Bertz CT molecular complexity index is 988. The minimum Gasteiger partial charge on any atom is -0.497 e. The van der Waals surface area contributed by atoms with Crippen LogP contribution in [0.2, 0.25) is 0 Å². The maximum absolute atomic E-state index is 5.40. The standard InChI is InChI=1S/C23H29N5O/c1-16-10-12-23(13-11-16,24-21-9-8-17(2)14-18(21)3)22-25-26-27-28(22)19-6-5-7-20(15-19)29-4/h5-9,14-16,24H,10-13H2,1-4H3. The van der Waals surface area contributed by atoms with Gasteiger partial charge in [-0.3, -0.25) is 0 Å². The average molecular weight is 392 g/mol. The summed E-state index contributed by atoms with van der Waals surface area (Å²) in [7, 11) is 1.67. The molecule has 6 heteroatoms. The van der Waals surface area contributed by atoms with E-state index in [4.69, 9.17) is 4.74 Å². The van der Waals surface area contributed by atoms with Crippen molar-refractivity contribution in [2.75, 3.05) is 12.4 Å². The lowest BCUT2D eigenvalue weighted by Crippen LogP contribution is -2.41. The molecule has 0 radical (unpaired) electrons. The molecule has 2 aromatic carbocycles. The Morgan fingerprint density at radius 2 is 1.90 bits per heavy atom. The Balaban J connectivity index is 1.78. The van der Waals surface area contributed by atoms with Crippen LogP contribution in [0.15, 0.2) is 42.5 Å². The monoisotopic (exact) mass is 391 g/mol. The van der Waals surface area contributed by atoms with Crippen molar-refractivity contribution in [3.63, 3.8) is 0 Å². The molecule has 1 aliphatic rings. The van der Waals surface area contributed by atoms with Crippen LogP contribution in [0.1, 0.15) is 49.6 Å². The van der Waals surface area contributed by atoms with Gasteiger partial charge in [0.2, 0.25) is 0 Å². The zero-order chi connectivity index (χ0) is 20.4. The molecule has 1 N–H and O–H groups in total. The van der Waals surface area contributed by atoms with Gasteiger partial charge in [-0.1, -0.05) is 30.7 Å². The smallest absolute Gasteiger partial charge is 0.181 e. The van der Waals surface area contributed by atoms with Crippen molar-refractivity contribution < 1.29 is 4.74 Å². The first-order chi connectivity index (χ1) is 14.0. The summed E-state index contributed by atoms with van der Waals surface area (Å²) in [6.07, 6.45) is 4.27. The highest BCUT2D eigenvalue weighted by Gasteiger charge is 2.41. The third kappa shape index (κ3) is 3.84.